The number of hydrogen-bond acceptors (Lipinski definition) is 2. The van der Waals surface area contributed by atoms with Crippen LogP contribution in [0.15, 0.2) is 18.2 Å². The Morgan fingerprint density at radius 2 is 2.14 bits per heavy atom. The fourth-order valence-corrected chi connectivity index (χ4v) is 1.28. The zero-order valence-electron chi connectivity index (χ0n) is 8.34. The van der Waals surface area contributed by atoms with Gasteiger partial charge in [0.1, 0.15) is 5.82 Å². The highest BCUT2D eigenvalue weighted by molar-refractivity contribution is 5.35. The molecule has 0 aromatic heterocycles. The van der Waals surface area contributed by atoms with Gasteiger partial charge in [-0.2, -0.15) is 5.26 Å². The second-order valence-electron chi connectivity index (χ2n) is 3.72. The van der Waals surface area contributed by atoms with Crippen molar-refractivity contribution in [3.05, 3.63) is 35.1 Å². The van der Waals surface area contributed by atoms with Crippen LogP contribution in [0.4, 0.5) is 4.39 Å². The SMILES string of the molecule is CC(C)(C#N)c1cccc(CN)c1F. The van der Waals surface area contributed by atoms with Gasteiger partial charge >= 0.3 is 0 Å². The second kappa shape index (κ2) is 3.77. The summed E-state index contributed by atoms with van der Waals surface area (Å²) < 4.78 is 13.7. The molecule has 2 N–H and O–H groups in total. The maximum atomic E-state index is 13.7. The number of nitriles is 1. The van der Waals surface area contributed by atoms with Crippen LogP contribution in [0.25, 0.3) is 0 Å². The molecule has 0 amide bonds. The zero-order chi connectivity index (χ0) is 10.8. The summed E-state index contributed by atoms with van der Waals surface area (Å²) in [6.45, 7) is 3.53. The molecule has 0 aliphatic carbocycles. The molecule has 0 fully saturated rings. The Hall–Kier alpha value is -1.40. The maximum Gasteiger partial charge on any atom is 0.132 e. The number of hydrogen-bond donors (Lipinski definition) is 1. The highest BCUT2D eigenvalue weighted by atomic mass is 19.1. The molecule has 3 heteroatoms. The van der Waals surface area contributed by atoms with Crippen molar-refractivity contribution < 1.29 is 4.39 Å². The molecule has 1 aromatic carbocycles. The van der Waals surface area contributed by atoms with E-state index in [1.54, 1.807) is 32.0 Å². The van der Waals surface area contributed by atoms with Crippen molar-refractivity contribution in [1.82, 2.24) is 0 Å². The van der Waals surface area contributed by atoms with Crippen LogP contribution in [0.2, 0.25) is 0 Å². The lowest BCUT2D eigenvalue weighted by Gasteiger charge is -2.17. The Labute approximate surface area is 83.2 Å². The first-order valence-corrected chi connectivity index (χ1v) is 4.42. The van der Waals surface area contributed by atoms with E-state index in [0.29, 0.717) is 11.1 Å². The lowest BCUT2D eigenvalue weighted by molar-refractivity contribution is 0.553. The minimum Gasteiger partial charge on any atom is -0.326 e. The van der Waals surface area contributed by atoms with E-state index >= 15 is 0 Å². The molecule has 0 bridgehead atoms. The molecular weight excluding hydrogens is 179 g/mol. The summed E-state index contributed by atoms with van der Waals surface area (Å²) in [5.74, 6) is -0.360. The Balaban J connectivity index is 3.31. The minimum atomic E-state index is -0.810. The van der Waals surface area contributed by atoms with E-state index in [2.05, 4.69) is 6.07 Å². The fourth-order valence-electron chi connectivity index (χ4n) is 1.28. The van der Waals surface area contributed by atoms with E-state index in [9.17, 15) is 4.39 Å². The van der Waals surface area contributed by atoms with Gasteiger partial charge in [0.05, 0.1) is 11.5 Å². The molecule has 0 unspecified atom stereocenters. The average molecular weight is 192 g/mol. The molecule has 0 saturated heterocycles. The van der Waals surface area contributed by atoms with Crippen molar-refractivity contribution in [2.75, 3.05) is 0 Å². The third kappa shape index (κ3) is 1.75. The molecule has 2 nitrogen and oxygen atoms in total. The first kappa shape index (κ1) is 10.7. The zero-order valence-corrected chi connectivity index (χ0v) is 8.34. The normalized spacial score (nSPS) is 11.1. The van der Waals surface area contributed by atoms with Crippen molar-refractivity contribution in [1.29, 1.82) is 5.26 Å². The molecule has 14 heavy (non-hydrogen) atoms. The van der Waals surface area contributed by atoms with Crippen molar-refractivity contribution in [3.63, 3.8) is 0 Å². The predicted molar refractivity (Wildman–Crippen MR) is 52.9 cm³/mol. The average Bonchev–Trinajstić information content (AvgIpc) is 2.18. The topological polar surface area (TPSA) is 49.8 Å². The van der Waals surface area contributed by atoms with Crippen molar-refractivity contribution >= 4 is 0 Å². The van der Waals surface area contributed by atoms with Crippen LogP contribution in [0.5, 0.6) is 0 Å². The van der Waals surface area contributed by atoms with E-state index < -0.39 is 5.41 Å². The van der Waals surface area contributed by atoms with E-state index in [4.69, 9.17) is 11.0 Å². The molecule has 0 aliphatic rings. The molecule has 0 radical (unpaired) electrons. The van der Waals surface area contributed by atoms with Crippen LogP contribution in [0.3, 0.4) is 0 Å². The molecule has 0 heterocycles. The first-order chi connectivity index (χ1) is 6.53. The summed E-state index contributed by atoms with van der Waals surface area (Å²) in [6, 6.07) is 7.04. The quantitative estimate of drug-likeness (QED) is 0.780. The highest BCUT2D eigenvalue weighted by Gasteiger charge is 2.24. The molecular formula is C11H13FN2. The second-order valence-corrected chi connectivity index (χ2v) is 3.72. The van der Waals surface area contributed by atoms with Gasteiger partial charge in [-0.15, -0.1) is 0 Å². The van der Waals surface area contributed by atoms with Crippen LogP contribution >= 0.6 is 0 Å². The van der Waals surface area contributed by atoms with Crippen molar-refractivity contribution in [2.24, 2.45) is 5.73 Å². The predicted octanol–water partition coefficient (Wildman–Crippen LogP) is 2.09. The van der Waals surface area contributed by atoms with Gasteiger partial charge in [-0.25, -0.2) is 4.39 Å². The monoisotopic (exact) mass is 192 g/mol. The van der Waals surface area contributed by atoms with Crippen LogP contribution in [0, 0.1) is 17.1 Å². The van der Waals surface area contributed by atoms with Gasteiger partial charge in [-0.05, 0) is 13.8 Å². The number of benzene rings is 1. The Kier molecular flexibility index (Phi) is 2.87. The summed E-state index contributed by atoms with van der Waals surface area (Å²) in [5.41, 5.74) is 5.43. The van der Waals surface area contributed by atoms with Gasteiger partial charge in [0.15, 0.2) is 0 Å². The number of rotatable bonds is 2. The van der Waals surface area contributed by atoms with Gasteiger partial charge in [0, 0.05) is 17.7 Å². The summed E-state index contributed by atoms with van der Waals surface area (Å²) in [5, 5.41) is 8.89. The number of nitrogens with zero attached hydrogens (tertiary/aromatic N) is 1. The Morgan fingerprint density at radius 1 is 1.50 bits per heavy atom. The molecule has 1 rings (SSSR count). The van der Waals surface area contributed by atoms with Crippen LogP contribution < -0.4 is 5.73 Å². The van der Waals surface area contributed by atoms with Crippen LogP contribution in [-0.2, 0) is 12.0 Å². The third-order valence-electron chi connectivity index (χ3n) is 2.25. The largest absolute Gasteiger partial charge is 0.326 e. The van der Waals surface area contributed by atoms with Gasteiger partial charge in [-0.1, -0.05) is 18.2 Å². The Morgan fingerprint density at radius 3 is 2.64 bits per heavy atom. The van der Waals surface area contributed by atoms with E-state index in [1.807, 2.05) is 0 Å². The van der Waals surface area contributed by atoms with Gasteiger partial charge in [-0.3, -0.25) is 0 Å². The van der Waals surface area contributed by atoms with Crippen LogP contribution in [0.1, 0.15) is 25.0 Å². The Bertz CT molecular complexity index is 377. The molecule has 0 spiro atoms. The first-order valence-electron chi connectivity index (χ1n) is 4.42. The summed E-state index contributed by atoms with van der Waals surface area (Å²) in [6.07, 6.45) is 0. The van der Waals surface area contributed by atoms with Crippen molar-refractivity contribution in [2.45, 2.75) is 25.8 Å². The number of nitrogens with two attached hydrogens (primary N) is 1. The fraction of sp³-hybridized carbons (Fsp3) is 0.364. The highest BCUT2D eigenvalue weighted by Crippen LogP contribution is 2.26. The van der Waals surface area contributed by atoms with Gasteiger partial charge in [0.25, 0.3) is 0 Å². The van der Waals surface area contributed by atoms with E-state index in [1.165, 1.54) is 0 Å². The third-order valence-corrected chi connectivity index (χ3v) is 2.25. The smallest absolute Gasteiger partial charge is 0.132 e. The lowest BCUT2D eigenvalue weighted by Crippen LogP contribution is -2.17. The lowest BCUT2D eigenvalue weighted by atomic mass is 9.85. The summed E-state index contributed by atoms with van der Waals surface area (Å²) in [7, 11) is 0. The maximum absolute atomic E-state index is 13.7. The molecule has 1 aromatic rings. The molecule has 0 saturated carbocycles. The number of halogens is 1. The van der Waals surface area contributed by atoms with Crippen LogP contribution in [-0.4, -0.2) is 0 Å². The van der Waals surface area contributed by atoms with Gasteiger partial charge < -0.3 is 5.73 Å². The summed E-state index contributed by atoms with van der Waals surface area (Å²) >= 11 is 0. The van der Waals surface area contributed by atoms with E-state index in [-0.39, 0.29) is 12.4 Å². The minimum absolute atomic E-state index is 0.154. The van der Waals surface area contributed by atoms with E-state index in [0.717, 1.165) is 0 Å². The molecule has 74 valence electrons. The van der Waals surface area contributed by atoms with Gasteiger partial charge in [0.2, 0.25) is 0 Å². The van der Waals surface area contributed by atoms with Crippen molar-refractivity contribution in [3.8, 4) is 6.07 Å². The summed E-state index contributed by atoms with van der Waals surface area (Å²) in [4.78, 5) is 0. The standard InChI is InChI=1S/C11H13FN2/c1-11(2,7-14)9-5-3-4-8(6-13)10(9)12/h3-5H,6,13H2,1-2H3. The molecule has 0 atom stereocenters. The molecule has 0 aliphatic heterocycles.